The van der Waals surface area contributed by atoms with Crippen molar-refractivity contribution in [3.63, 3.8) is 0 Å². The first-order chi connectivity index (χ1) is 11.2. The van der Waals surface area contributed by atoms with E-state index in [2.05, 4.69) is 5.32 Å². The first-order valence-electron chi connectivity index (χ1n) is 7.71. The number of benzene rings is 1. The van der Waals surface area contributed by atoms with Crippen LogP contribution in [0.2, 0.25) is 0 Å². The Morgan fingerprint density at radius 1 is 1.38 bits per heavy atom. The molecule has 0 saturated carbocycles. The molecule has 1 heterocycles. The summed E-state index contributed by atoms with van der Waals surface area (Å²) in [7, 11) is -3.07. The van der Waals surface area contributed by atoms with E-state index in [0.29, 0.717) is 6.42 Å². The predicted octanol–water partition coefficient (Wildman–Crippen LogP) is 1.24. The van der Waals surface area contributed by atoms with Gasteiger partial charge in [0.2, 0.25) is 0 Å². The molecule has 0 aliphatic carbocycles. The van der Waals surface area contributed by atoms with E-state index in [1.54, 1.807) is 6.08 Å². The molecule has 6 nitrogen and oxygen atoms in total. The zero-order valence-electron chi connectivity index (χ0n) is 13.7. The quantitative estimate of drug-likeness (QED) is 0.637. The number of carbonyl (C=O) groups is 2. The summed E-state index contributed by atoms with van der Waals surface area (Å²) in [5.74, 6) is -1.11. The number of aryl methyl sites for hydroxylation is 1. The Morgan fingerprint density at radius 3 is 2.75 bits per heavy atom. The van der Waals surface area contributed by atoms with Crippen molar-refractivity contribution in [3.05, 3.63) is 41.5 Å². The fraction of sp³-hybridized carbons (Fsp3) is 0.412. The Balaban J connectivity index is 1.83. The van der Waals surface area contributed by atoms with Crippen LogP contribution in [0, 0.1) is 6.92 Å². The second-order valence-electron chi connectivity index (χ2n) is 5.94. The van der Waals surface area contributed by atoms with Crippen LogP contribution in [0.15, 0.2) is 30.3 Å². The lowest BCUT2D eigenvalue weighted by atomic mass is 10.1. The number of ether oxygens (including phenoxy) is 1. The lowest BCUT2D eigenvalue weighted by molar-refractivity contribution is -0.150. The van der Waals surface area contributed by atoms with Crippen molar-refractivity contribution < 1.29 is 22.7 Å². The van der Waals surface area contributed by atoms with E-state index in [4.69, 9.17) is 4.74 Å². The summed E-state index contributed by atoms with van der Waals surface area (Å²) in [6, 6.07) is 7.19. The molecule has 0 spiro atoms. The topological polar surface area (TPSA) is 89.5 Å². The monoisotopic (exact) mass is 351 g/mol. The van der Waals surface area contributed by atoms with Crippen molar-refractivity contribution in [3.8, 4) is 0 Å². The number of esters is 1. The van der Waals surface area contributed by atoms with Crippen LogP contribution in [0.3, 0.4) is 0 Å². The zero-order valence-corrected chi connectivity index (χ0v) is 14.5. The zero-order chi connectivity index (χ0) is 17.7. The van der Waals surface area contributed by atoms with E-state index in [0.717, 1.165) is 11.1 Å². The summed E-state index contributed by atoms with van der Waals surface area (Å²) >= 11 is 0. The van der Waals surface area contributed by atoms with Crippen LogP contribution in [-0.2, 0) is 24.2 Å². The molecular formula is C17H21NO5S. The maximum atomic E-state index is 12.0. The maximum Gasteiger partial charge on any atom is 0.331 e. The van der Waals surface area contributed by atoms with E-state index in [-0.39, 0.29) is 11.5 Å². The van der Waals surface area contributed by atoms with Crippen LogP contribution >= 0.6 is 0 Å². The highest BCUT2D eigenvalue weighted by atomic mass is 32.2. The molecule has 1 N–H and O–H groups in total. The minimum absolute atomic E-state index is 0.0628. The maximum absolute atomic E-state index is 12.0. The average Bonchev–Trinajstić information content (AvgIpc) is 2.84. The second-order valence-corrected chi connectivity index (χ2v) is 8.16. The molecule has 1 fully saturated rings. The van der Waals surface area contributed by atoms with Gasteiger partial charge in [0.25, 0.3) is 5.91 Å². The Hall–Kier alpha value is -2.15. The number of sulfone groups is 1. The Morgan fingerprint density at radius 2 is 2.12 bits per heavy atom. The molecule has 7 heteroatoms. The van der Waals surface area contributed by atoms with Gasteiger partial charge in [-0.05, 0) is 31.9 Å². The van der Waals surface area contributed by atoms with Crippen molar-refractivity contribution >= 4 is 27.8 Å². The van der Waals surface area contributed by atoms with Crippen LogP contribution in [0.1, 0.15) is 24.5 Å². The molecular weight excluding hydrogens is 330 g/mol. The number of hydrogen-bond donors (Lipinski definition) is 1. The van der Waals surface area contributed by atoms with E-state index in [9.17, 15) is 18.0 Å². The molecule has 0 radical (unpaired) electrons. The third-order valence-electron chi connectivity index (χ3n) is 3.69. The Labute approximate surface area is 141 Å². The second kappa shape index (κ2) is 7.61. The lowest BCUT2D eigenvalue weighted by Crippen LogP contribution is -2.42. The standard InChI is InChI=1S/C17H21NO5S/c1-12-4-3-5-14(10-12)6-7-16(19)23-13(2)17(20)18-15-8-9-24(21,22)11-15/h3-7,10,13,15H,8-9,11H2,1-2H3,(H,18,20)/b7-6+/t13-,15-/m0/s1. The van der Waals surface area contributed by atoms with Crippen LogP contribution in [0.5, 0.6) is 0 Å². The molecule has 0 unspecified atom stereocenters. The fourth-order valence-corrected chi connectivity index (χ4v) is 4.11. The molecule has 1 saturated heterocycles. The number of nitrogens with one attached hydrogen (secondary N) is 1. The van der Waals surface area contributed by atoms with Crippen molar-refractivity contribution in [1.29, 1.82) is 0 Å². The van der Waals surface area contributed by atoms with Gasteiger partial charge in [0.1, 0.15) is 0 Å². The first-order valence-corrected chi connectivity index (χ1v) is 9.53. The molecule has 1 amide bonds. The van der Waals surface area contributed by atoms with Gasteiger partial charge < -0.3 is 10.1 Å². The molecule has 0 bridgehead atoms. The number of amides is 1. The number of carbonyl (C=O) groups excluding carboxylic acids is 2. The highest BCUT2D eigenvalue weighted by Crippen LogP contribution is 2.12. The van der Waals surface area contributed by atoms with Crippen molar-refractivity contribution in [1.82, 2.24) is 5.32 Å². The Kier molecular flexibility index (Phi) is 5.77. The van der Waals surface area contributed by atoms with E-state index in [1.807, 2.05) is 31.2 Å². The van der Waals surface area contributed by atoms with Crippen LogP contribution in [0.4, 0.5) is 0 Å². The SMILES string of the molecule is Cc1cccc(/C=C/C(=O)O[C@@H](C)C(=O)N[C@H]2CCS(=O)(=O)C2)c1. The number of hydrogen-bond acceptors (Lipinski definition) is 5. The van der Waals surface area contributed by atoms with E-state index < -0.39 is 33.9 Å². The van der Waals surface area contributed by atoms with Crippen LogP contribution < -0.4 is 5.32 Å². The minimum atomic E-state index is -3.07. The molecule has 1 aromatic carbocycles. The van der Waals surface area contributed by atoms with Gasteiger partial charge in [-0.2, -0.15) is 0 Å². The molecule has 2 rings (SSSR count). The third kappa shape index (κ3) is 5.49. The normalized spacial score (nSPS) is 20.7. The summed E-state index contributed by atoms with van der Waals surface area (Å²) in [5.41, 5.74) is 1.94. The Bertz CT molecular complexity index is 754. The van der Waals surface area contributed by atoms with Gasteiger partial charge in [0, 0.05) is 12.1 Å². The van der Waals surface area contributed by atoms with Gasteiger partial charge in [-0.25, -0.2) is 13.2 Å². The molecule has 0 aromatic heterocycles. The van der Waals surface area contributed by atoms with Gasteiger partial charge >= 0.3 is 5.97 Å². The van der Waals surface area contributed by atoms with Crippen molar-refractivity contribution in [2.45, 2.75) is 32.4 Å². The summed E-state index contributed by atoms with van der Waals surface area (Å²) in [4.78, 5) is 23.7. The minimum Gasteiger partial charge on any atom is -0.449 e. The molecule has 1 aliphatic rings. The summed E-state index contributed by atoms with van der Waals surface area (Å²) in [6.45, 7) is 3.41. The van der Waals surface area contributed by atoms with Crippen LogP contribution in [-0.4, -0.2) is 43.9 Å². The number of rotatable bonds is 5. The van der Waals surface area contributed by atoms with Gasteiger partial charge in [-0.3, -0.25) is 4.79 Å². The highest BCUT2D eigenvalue weighted by molar-refractivity contribution is 7.91. The molecule has 1 aliphatic heterocycles. The largest absolute Gasteiger partial charge is 0.449 e. The summed E-state index contributed by atoms with van der Waals surface area (Å²) in [5, 5.41) is 2.60. The van der Waals surface area contributed by atoms with Gasteiger partial charge in [0.15, 0.2) is 15.9 Å². The summed E-state index contributed by atoms with van der Waals surface area (Å²) in [6.07, 6.45) is 2.28. The average molecular weight is 351 g/mol. The molecule has 2 atom stereocenters. The van der Waals surface area contributed by atoms with Gasteiger partial charge in [-0.1, -0.05) is 29.8 Å². The lowest BCUT2D eigenvalue weighted by Gasteiger charge is -2.15. The van der Waals surface area contributed by atoms with Gasteiger partial charge in [0.05, 0.1) is 11.5 Å². The third-order valence-corrected chi connectivity index (χ3v) is 5.46. The fourth-order valence-electron chi connectivity index (χ4n) is 2.43. The van der Waals surface area contributed by atoms with Crippen LogP contribution in [0.25, 0.3) is 6.08 Å². The molecule has 130 valence electrons. The van der Waals surface area contributed by atoms with Crippen molar-refractivity contribution in [2.75, 3.05) is 11.5 Å². The smallest absolute Gasteiger partial charge is 0.331 e. The van der Waals surface area contributed by atoms with E-state index in [1.165, 1.54) is 13.0 Å². The summed E-state index contributed by atoms with van der Waals surface area (Å²) < 4.78 is 27.8. The molecule has 1 aromatic rings. The van der Waals surface area contributed by atoms with E-state index >= 15 is 0 Å². The van der Waals surface area contributed by atoms with Crippen molar-refractivity contribution in [2.24, 2.45) is 0 Å². The predicted molar refractivity (Wildman–Crippen MR) is 91.0 cm³/mol. The van der Waals surface area contributed by atoms with Gasteiger partial charge in [-0.15, -0.1) is 0 Å². The first kappa shape index (κ1) is 18.2. The molecule has 24 heavy (non-hydrogen) atoms. The highest BCUT2D eigenvalue weighted by Gasteiger charge is 2.30.